The minimum absolute atomic E-state index is 0.121. The molecule has 0 spiro atoms. The lowest BCUT2D eigenvalue weighted by Gasteiger charge is -2.36. The van der Waals surface area contributed by atoms with Crippen molar-refractivity contribution in [2.75, 3.05) is 19.6 Å². The van der Waals surface area contributed by atoms with Crippen LogP contribution in [-0.2, 0) is 9.53 Å². The summed E-state index contributed by atoms with van der Waals surface area (Å²) in [6, 6.07) is 4.97. The van der Waals surface area contributed by atoms with Crippen molar-refractivity contribution in [3.05, 3.63) is 33.8 Å². The number of amides is 1. The third kappa shape index (κ3) is 4.31. The van der Waals surface area contributed by atoms with Crippen molar-refractivity contribution >= 4 is 29.1 Å². The highest BCUT2D eigenvalue weighted by Gasteiger charge is 2.30. The van der Waals surface area contributed by atoms with E-state index in [0.717, 1.165) is 0 Å². The summed E-state index contributed by atoms with van der Waals surface area (Å²) in [6.45, 7) is 3.19. The van der Waals surface area contributed by atoms with Crippen molar-refractivity contribution in [1.82, 2.24) is 4.90 Å². The number of β-amino-alcohol motifs (C(OH)–C–C–N with tert-alkyl or cyclic N) is 1. The average molecular weight is 333 g/mol. The fourth-order valence-corrected chi connectivity index (χ4v) is 2.99. The van der Waals surface area contributed by atoms with Crippen LogP contribution in [0.15, 0.2) is 18.2 Å². The van der Waals surface area contributed by atoms with Crippen molar-refractivity contribution in [2.24, 2.45) is 5.73 Å². The smallest absolute Gasteiger partial charge is 0.247 e. The first-order valence-electron chi connectivity index (χ1n) is 6.67. The summed E-state index contributed by atoms with van der Waals surface area (Å²) >= 11 is 11.9. The molecule has 3 N–H and O–H groups in total. The largest absolute Gasteiger partial charge is 0.387 e. The lowest BCUT2D eigenvalue weighted by atomic mass is 10.1. The van der Waals surface area contributed by atoms with Gasteiger partial charge in [-0.2, -0.15) is 0 Å². The number of morpholine rings is 1. The normalized spacial score (nSPS) is 24.8. The molecular formula is C14H18Cl2N2O3. The number of carbonyl (C=O) groups is 1. The Morgan fingerprint density at radius 3 is 2.86 bits per heavy atom. The summed E-state index contributed by atoms with van der Waals surface area (Å²) in [6.07, 6.45) is -1.54. The van der Waals surface area contributed by atoms with Gasteiger partial charge >= 0.3 is 0 Å². The first kappa shape index (κ1) is 16.5. The van der Waals surface area contributed by atoms with Gasteiger partial charge in [0.1, 0.15) is 6.10 Å². The van der Waals surface area contributed by atoms with Crippen LogP contribution in [0.2, 0.25) is 10.0 Å². The Balaban J connectivity index is 2.04. The number of nitrogens with two attached hydrogens (primary N) is 1. The van der Waals surface area contributed by atoms with Crippen molar-refractivity contribution in [1.29, 1.82) is 0 Å². The van der Waals surface area contributed by atoms with Crippen LogP contribution in [0.4, 0.5) is 0 Å². The zero-order valence-corrected chi connectivity index (χ0v) is 13.1. The molecule has 116 valence electrons. The summed E-state index contributed by atoms with van der Waals surface area (Å²) in [5, 5.41) is 11.3. The molecule has 1 saturated heterocycles. The maximum atomic E-state index is 11.3. The highest BCUT2D eigenvalue weighted by Crippen LogP contribution is 2.27. The highest BCUT2D eigenvalue weighted by atomic mass is 35.5. The van der Waals surface area contributed by atoms with Crippen molar-refractivity contribution < 1.29 is 14.6 Å². The third-order valence-electron chi connectivity index (χ3n) is 3.41. The molecule has 1 fully saturated rings. The molecule has 1 aromatic carbocycles. The lowest BCUT2D eigenvalue weighted by molar-refractivity contribution is -0.143. The number of carbonyl (C=O) groups excluding carboxylic acids is 1. The van der Waals surface area contributed by atoms with Gasteiger partial charge in [-0.1, -0.05) is 29.3 Å². The van der Waals surface area contributed by atoms with Crippen LogP contribution in [-0.4, -0.2) is 47.8 Å². The topological polar surface area (TPSA) is 75.8 Å². The standard InChI is InChI=1S/C14H18Cl2N2O3/c1-8-5-18(7-13(21-8)14(17)20)6-12(19)10-3-2-9(15)4-11(10)16/h2-4,8,12-13,19H,5-7H2,1H3,(H2,17,20)/t8-,12?,13?/m1/s1. The Morgan fingerprint density at radius 1 is 1.52 bits per heavy atom. The minimum atomic E-state index is -0.770. The van der Waals surface area contributed by atoms with E-state index < -0.39 is 18.1 Å². The molecule has 2 rings (SSSR count). The molecule has 3 atom stereocenters. The number of hydrogen-bond donors (Lipinski definition) is 2. The number of hydrogen-bond acceptors (Lipinski definition) is 4. The van der Waals surface area contributed by atoms with E-state index in [1.165, 1.54) is 0 Å². The van der Waals surface area contributed by atoms with Crippen LogP contribution in [0.3, 0.4) is 0 Å². The van der Waals surface area contributed by atoms with Gasteiger partial charge in [-0.15, -0.1) is 0 Å². The molecule has 2 unspecified atom stereocenters. The van der Waals surface area contributed by atoms with Gasteiger partial charge in [0.05, 0.1) is 12.2 Å². The van der Waals surface area contributed by atoms with E-state index in [4.69, 9.17) is 33.7 Å². The van der Waals surface area contributed by atoms with Gasteiger partial charge < -0.3 is 15.6 Å². The second kappa shape index (κ2) is 6.94. The summed E-state index contributed by atoms with van der Waals surface area (Å²) in [5.41, 5.74) is 5.89. The van der Waals surface area contributed by atoms with Gasteiger partial charge in [0, 0.05) is 35.2 Å². The van der Waals surface area contributed by atoms with Crippen molar-refractivity contribution in [3.8, 4) is 0 Å². The molecule has 0 aromatic heterocycles. The number of halogens is 2. The van der Waals surface area contributed by atoms with Gasteiger partial charge in [-0.3, -0.25) is 9.69 Å². The van der Waals surface area contributed by atoms with Crippen LogP contribution < -0.4 is 5.73 Å². The molecule has 21 heavy (non-hydrogen) atoms. The fraction of sp³-hybridized carbons (Fsp3) is 0.500. The summed E-state index contributed by atoms with van der Waals surface area (Å²) in [7, 11) is 0. The van der Waals surface area contributed by atoms with Gasteiger partial charge in [-0.05, 0) is 19.1 Å². The van der Waals surface area contributed by atoms with E-state index in [-0.39, 0.29) is 6.10 Å². The van der Waals surface area contributed by atoms with Gasteiger partial charge in [0.25, 0.3) is 0 Å². The van der Waals surface area contributed by atoms with E-state index in [1.807, 2.05) is 11.8 Å². The molecule has 1 aliphatic rings. The van der Waals surface area contributed by atoms with E-state index >= 15 is 0 Å². The van der Waals surface area contributed by atoms with Crippen LogP contribution >= 0.6 is 23.2 Å². The molecule has 1 amide bonds. The molecule has 0 saturated carbocycles. The Bertz CT molecular complexity index is 527. The number of rotatable bonds is 4. The molecule has 1 aromatic rings. The molecule has 0 radical (unpaired) electrons. The average Bonchev–Trinajstić information content (AvgIpc) is 2.37. The molecule has 7 heteroatoms. The van der Waals surface area contributed by atoms with E-state index in [9.17, 15) is 9.90 Å². The van der Waals surface area contributed by atoms with Crippen LogP contribution in [0.1, 0.15) is 18.6 Å². The number of nitrogens with zero attached hydrogens (tertiary/aromatic N) is 1. The Hall–Kier alpha value is -0.850. The van der Waals surface area contributed by atoms with Crippen LogP contribution in [0.5, 0.6) is 0 Å². The van der Waals surface area contributed by atoms with E-state index in [0.29, 0.717) is 35.2 Å². The first-order valence-corrected chi connectivity index (χ1v) is 7.42. The second-order valence-electron chi connectivity index (χ2n) is 5.24. The number of aliphatic hydroxyl groups is 1. The Labute approximate surface area is 133 Å². The van der Waals surface area contributed by atoms with E-state index in [1.54, 1.807) is 18.2 Å². The quantitative estimate of drug-likeness (QED) is 0.878. The predicted octanol–water partition coefficient (Wildman–Crippen LogP) is 1.60. The fourth-order valence-electron chi connectivity index (χ4n) is 2.46. The molecule has 1 heterocycles. The molecule has 0 aliphatic carbocycles. The first-order chi connectivity index (χ1) is 9.86. The maximum Gasteiger partial charge on any atom is 0.247 e. The number of aliphatic hydroxyl groups excluding tert-OH is 1. The zero-order valence-electron chi connectivity index (χ0n) is 11.6. The minimum Gasteiger partial charge on any atom is -0.387 e. The summed E-state index contributed by atoms with van der Waals surface area (Å²) < 4.78 is 5.46. The van der Waals surface area contributed by atoms with E-state index in [2.05, 4.69) is 0 Å². The van der Waals surface area contributed by atoms with Gasteiger partial charge in [-0.25, -0.2) is 0 Å². The zero-order chi connectivity index (χ0) is 15.6. The highest BCUT2D eigenvalue weighted by molar-refractivity contribution is 6.35. The Morgan fingerprint density at radius 2 is 2.24 bits per heavy atom. The maximum absolute atomic E-state index is 11.3. The van der Waals surface area contributed by atoms with Crippen LogP contribution in [0, 0.1) is 0 Å². The summed E-state index contributed by atoms with van der Waals surface area (Å²) in [5.74, 6) is -0.495. The number of ether oxygens (including phenoxy) is 1. The van der Waals surface area contributed by atoms with Crippen molar-refractivity contribution in [3.63, 3.8) is 0 Å². The number of benzene rings is 1. The molecule has 1 aliphatic heterocycles. The lowest BCUT2D eigenvalue weighted by Crippen LogP contribution is -2.52. The molecule has 0 bridgehead atoms. The van der Waals surface area contributed by atoms with Gasteiger partial charge in [0.2, 0.25) is 5.91 Å². The molecule has 5 nitrogen and oxygen atoms in total. The predicted molar refractivity (Wildman–Crippen MR) is 81.4 cm³/mol. The number of primary amides is 1. The molecular weight excluding hydrogens is 315 g/mol. The summed E-state index contributed by atoms with van der Waals surface area (Å²) in [4.78, 5) is 13.2. The third-order valence-corrected chi connectivity index (χ3v) is 3.97. The second-order valence-corrected chi connectivity index (χ2v) is 6.08. The van der Waals surface area contributed by atoms with Crippen LogP contribution in [0.25, 0.3) is 0 Å². The SMILES string of the molecule is C[C@@H]1CN(CC(O)c2ccc(Cl)cc2Cl)CC(C(N)=O)O1. The monoisotopic (exact) mass is 332 g/mol. The van der Waals surface area contributed by atoms with Crippen molar-refractivity contribution in [2.45, 2.75) is 25.2 Å². The Kier molecular flexibility index (Phi) is 5.46. The van der Waals surface area contributed by atoms with Gasteiger partial charge in [0.15, 0.2) is 0 Å².